The summed E-state index contributed by atoms with van der Waals surface area (Å²) in [5.74, 6) is 3.27. The molecule has 4 aromatic carbocycles. The molecule has 37 heavy (non-hydrogen) atoms. The summed E-state index contributed by atoms with van der Waals surface area (Å²) in [5.41, 5.74) is 2.38. The molecule has 0 aliphatic carbocycles. The van der Waals surface area contributed by atoms with E-state index in [1.54, 1.807) is 30.3 Å². The number of hydrogen-bond donors (Lipinski definition) is 0. The fourth-order valence-corrected chi connectivity index (χ4v) is 4.24. The van der Waals surface area contributed by atoms with Crippen LogP contribution in [0.25, 0.3) is 10.8 Å². The summed E-state index contributed by atoms with van der Waals surface area (Å²) in [6.07, 6.45) is -4.09. The summed E-state index contributed by atoms with van der Waals surface area (Å²) in [4.78, 5) is 0. The van der Waals surface area contributed by atoms with Gasteiger partial charge in [-0.25, -0.2) is 13.2 Å². The van der Waals surface area contributed by atoms with Crippen LogP contribution in [0.3, 0.4) is 0 Å². The average molecular weight is 511 g/mol. The van der Waals surface area contributed by atoms with Crippen molar-refractivity contribution in [1.29, 1.82) is 0 Å². The maximum atomic E-state index is 15.2. The van der Waals surface area contributed by atoms with Gasteiger partial charge in [-0.2, -0.15) is 13.2 Å². The lowest BCUT2D eigenvalue weighted by molar-refractivity contribution is -0.128. The second kappa shape index (κ2) is 11.1. The minimum absolute atomic E-state index is 0.0726. The molecule has 0 aliphatic heterocycles. The number of halogens is 6. The smallest absolute Gasteiger partial charge is 0.207 e. The van der Waals surface area contributed by atoms with Gasteiger partial charge in [0, 0.05) is 22.1 Å². The molecular formula is C31H24F6. The molecule has 190 valence electrons. The molecule has 0 nitrogen and oxygen atoms in total. The third kappa shape index (κ3) is 6.74. The number of rotatable bonds is 6. The summed E-state index contributed by atoms with van der Waals surface area (Å²) in [5, 5.41) is 1.06. The van der Waals surface area contributed by atoms with Crippen molar-refractivity contribution in [1.82, 2.24) is 0 Å². The van der Waals surface area contributed by atoms with E-state index in [-0.39, 0.29) is 18.4 Å². The van der Waals surface area contributed by atoms with E-state index in [1.807, 2.05) is 12.1 Å². The number of fused-ring (bicyclic) bond motifs is 1. The van der Waals surface area contributed by atoms with Crippen LogP contribution in [-0.2, 0) is 25.7 Å². The second-order valence-corrected chi connectivity index (χ2v) is 9.00. The van der Waals surface area contributed by atoms with Gasteiger partial charge in [-0.1, -0.05) is 55.5 Å². The third-order valence-electron chi connectivity index (χ3n) is 6.14. The molecule has 0 saturated heterocycles. The fourth-order valence-electron chi connectivity index (χ4n) is 4.24. The van der Waals surface area contributed by atoms with Crippen molar-refractivity contribution in [2.24, 2.45) is 0 Å². The summed E-state index contributed by atoms with van der Waals surface area (Å²) >= 11 is 0. The van der Waals surface area contributed by atoms with Crippen LogP contribution in [-0.4, -0.2) is 6.18 Å². The highest BCUT2D eigenvalue weighted by atomic mass is 19.4. The van der Waals surface area contributed by atoms with Crippen LogP contribution in [0.5, 0.6) is 0 Å². The highest BCUT2D eigenvalue weighted by Crippen LogP contribution is 2.27. The molecule has 0 N–H and O–H groups in total. The predicted molar refractivity (Wildman–Crippen MR) is 134 cm³/mol. The average Bonchev–Trinajstić information content (AvgIpc) is 2.85. The van der Waals surface area contributed by atoms with Gasteiger partial charge in [0.15, 0.2) is 0 Å². The maximum Gasteiger partial charge on any atom is 0.393 e. The van der Waals surface area contributed by atoms with Gasteiger partial charge in [0.2, 0.25) is 0 Å². The van der Waals surface area contributed by atoms with Gasteiger partial charge in [-0.3, -0.25) is 0 Å². The largest absolute Gasteiger partial charge is 0.393 e. The highest BCUT2D eigenvalue weighted by molar-refractivity contribution is 5.85. The molecule has 4 aromatic rings. The van der Waals surface area contributed by atoms with Crippen LogP contribution in [0.1, 0.15) is 46.7 Å². The molecule has 0 amide bonds. The van der Waals surface area contributed by atoms with E-state index < -0.39 is 35.6 Å². The van der Waals surface area contributed by atoms with E-state index in [4.69, 9.17) is 0 Å². The van der Waals surface area contributed by atoms with Crippen LogP contribution in [0.15, 0.2) is 66.7 Å². The van der Waals surface area contributed by atoms with Gasteiger partial charge < -0.3 is 0 Å². The Morgan fingerprint density at radius 3 is 1.97 bits per heavy atom. The first kappa shape index (κ1) is 26.3. The van der Waals surface area contributed by atoms with Crippen LogP contribution < -0.4 is 0 Å². The molecule has 0 radical (unpaired) electrons. The first-order valence-corrected chi connectivity index (χ1v) is 12.0. The Kier molecular flexibility index (Phi) is 7.92. The highest BCUT2D eigenvalue weighted by Gasteiger charge is 2.31. The van der Waals surface area contributed by atoms with Gasteiger partial charge in [0.1, 0.15) is 17.5 Å². The van der Waals surface area contributed by atoms with Gasteiger partial charge >= 0.3 is 6.18 Å². The second-order valence-electron chi connectivity index (χ2n) is 9.00. The van der Waals surface area contributed by atoms with Crippen molar-refractivity contribution in [3.63, 3.8) is 0 Å². The molecule has 0 aliphatic rings. The molecule has 0 aromatic heterocycles. The summed E-state index contributed by atoms with van der Waals surface area (Å²) in [7, 11) is 0. The first-order chi connectivity index (χ1) is 17.6. The van der Waals surface area contributed by atoms with Crippen molar-refractivity contribution in [2.75, 3.05) is 0 Å². The molecular weight excluding hydrogens is 486 g/mol. The third-order valence-corrected chi connectivity index (χ3v) is 6.14. The molecule has 6 heteroatoms. The zero-order chi connectivity index (χ0) is 26.6. The van der Waals surface area contributed by atoms with Gasteiger partial charge in [0.25, 0.3) is 0 Å². The Balaban J connectivity index is 1.49. The maximum absolute atomic E-state index is 15.2. The van der Waals surface area contributed by atoms with E-state index in [2.05, 4.69) is 30.9 Å². The molecule has 0 unspecified atom stereocenters. The Morgan fingerprint density at radius 2 is 1.32 bits per heavy atom. The van der Waals surface area contributed by atoms with Crippen LogP contribution in [0.2, 0.25) is 0 Å². The lowest BCUT2D eigenvalue weighted by Crippen LogP contribution is -2.14. The molecule has 0 heterocycles. The number of alkyl halides is 3. The summed E-state index contributed by atoms with van der Waals surface area (Å²) in [6, 6.07) is 18.4. The van der Waals surface area contributed by atoms with Crippen LogP contribution in [0.4, 0.5) is 26.3 Å². The van der Waals surface area contributed by atoms with E-state index in [0.717, 1.165) is 36.1 Å². The zero-order valence-corrected chi connectivity index (χ0v) is 20.2. The zero-order valence-electron chi connectivity index (χ0n) is 20.2. The van der Waals surface area contributed by atoms with Crippen molar-refractivity contribution in [3.05, 3.63) is 118 Å². The lowest BCUT2D eigenvalue weighted by atomic mass is 9.98. The van der Waals surface area contributed by atoms with E-state index >= 15 is 4.39 Å². The Labute approximate surface area is 212 Å². The van der Waals surface area contributed by atoms with Crippen molar-refractivity contribution in [2.45, 2.75) is 45.2 Å². The first-order valence-electron chi connectivity index (χ1n) is 12.0. The molecule has 0 spiro atoms. The molecule has 0 fully saturated rings. The predicted octanol–water partition coefficient (Wildman–Crippen LogP) is 8.50. The van der Waals surface area contributed by atoms with E-state index in [0.29, 0.717) is 16.3 Å². The van der Waals surface area contributed by atoms with Crippen LogP contribution >= 0.6 is 0 Å². The van der Waals surface area contributed by atoms with Gasteiger partial charge in [-0.15, -0.1) is 0 Å². The van der Waals surface area contributed by atoms with E-state index in [9.17, 15) is 22.0 Å². The van der Waals surface area contributed by atoms with Gasteiger partial charge in [-0.05, 0) is 77.7 Å². The molecule has 0 saturated carbocycles. The van der Waals surface area contributed by atoms with Gasteiger partial charge in [0.05, 0.1) is 6.42 Å². The quantitative estimate of drug-likeness (QED) is 0.180. The SMILES string of the molecule is CCCc1ccc(C#Cc2ccc3c(F)c(CCc4cc(F)c(CC(F)(F)F)c(F)c4)ccc3c2)cc1. The molecule has 0 bridgehead atoms. The summed E-state index contributed by atoms with van der Waals surface area (Å²) in [6.45, 7) is 2.13. The summed E-state index contributed by atoms with van der Waals surface area (Å²) < 4.78 is 81.0. The normalized spacial score (nSPS) is 11.4. The van der Waals surface area contributed by atoms with Crippen molar-refractivity contribution >= 4 is 10.8 Å². The number of benzene rings is 4. The number of aryl methyl sites for hydroxylation is 3. The minimum atomic E-state index is -4.72. The Hall–Kier alpha value is -3.72. The Morgan fingerprint density at radius 1 is 0.676 bits per heavy atom. The standard InChI is InChI=1S/C31H24F6/c1-2-3-20-4-6-21(7-5-20)8-9-22-11-15-26-25(16-22)14-13-24(30(26)34)12-10-23-17-28(32)27(29(33)18-23)19-31(35,36)37/h4-7,11,13-18H,2-3,10,12,19H2,1H3. The van der Waals surface area contributed by atoms with Crippen molar-refractivity contribution < 1.29 is 26.3 Å². The fraction of sp³-hybridized carbons (Fsp3) is 0.226. The van der Waals surface area contributed by atoms with Crippen LogP contribution in [0, 0.1) is 29.3 Å². The number of hydrogen-bond acceptors (Lipinski definition) is 0. The van der Waals surface area contributed by atoms with Crippen molar-refractivity contribution in [3.8, 4) is 11.8 Å². The van der Waals surface area contributed by atoms with E-state index in [1.165, 1.54) is 5.56 Å². The lowest BCUT2D eigenvalue weighted by Gasteiger charge is -2.11. The Bertz CT molecular complexity index is 1450. The molecule has 0 atom stereocenters. The molecule has 4 rings (SSSR count). The monoisotopic (exact) mass is 510 g/mol. The topological polar surface area (TPSA) is 0 Å². The minimum Gasteiger partial charge on any atom is -0.207 e.